The van der Waals surface area contributed by atoms with Crippen LogP contribution in [-0.2, 0) is 4.79 Å². The number of hydrogen-bond donors (Lipinski definition) is 1. The van der Waals surface area contributed by atoms with Crippen molar-refractivity contribution < 1.29 is 14.3 Å². The van der Waals surface area contributed by atoms with E-state index in [0.29, 0.717) is 29.6 Å². The van der Waals surface area contributed by atoms with Gasteiger partial charge >= 0.3 is 0 Å². The molecule has 0 radical (unpaired) electrons. The summed E-state index contributed by atoms with van der Waals surface area (Å²) in [4.78, 5) is 15.8. The van der Waals surface area contributed by atoms with Crippen LogP contribution in [-0.4, -0.2) is 24.3 Å². The molecule has 1 aromatic carbocycles. The molecule has 0 bridgehead atoms. The first-order chi connectivity index (χ1) is 10.0. The van der Waals surface area contributed by atoms with Crippen molar-refractivity contribution in [2.75, 3.05) is 13.2 Å². The maximum absolute atomic E-state index is 11.6. The van der Waals surface area contributed by atoms with Gasteiger partial charge in [0.1, 0.15) is 0 Å². The largest absolute Gasteiger partial charge is 0.490 e. The highest BCUT2D eigenvalue weighted by molar-refractivity contribution is 9.10. The van der Waals surface area contributed by atoms with Crippen LogP contribution in [0, 0.1) is 0 Å². The molecule has 112 valence electrons. The van der Waals surface area contributed by atoms with E-state index in [0.717, 1.165) is 21.8 Å². The number of amidine groups is 1. The minimum absolute atomic E-state index is 0.265. The van der Waals surface area contributed by atoms with Gasteiger partial charge in [-0.3, -0.25) is 4.79 Å². The highest BCUT2D eigenvalue weighted by Gasteiger charge is 2.20. The topological polar surface area (TPSA) is 73.9 Å². The third-order valence-electron chi connectivity index (χ3n) is 2.56. The average molecular weight is 371 g/mol. The first-order valence-corrected chi connectivity index (χ1v) is 8.03. The molecule has 2 N–H and O–H groups in total. The Morgan fingerprint density at radius 1 is 1.33 bits per heavy atom. The van der Waals surface area contributed by atoms with Crippen molar-refractivity contribution in [3.8, 4) is 11.5 Å². The molecule has 1 aliphatic heterocycles. The molecule has 0 saturated carbocycles. The smallest absolute Gasteiger partial charge is 0.286 e. The number of ether oxygens (including phenoxy) is 2. The summed E-state index contributed by atoms with van der Waals surface area (Å²) in [5.41, 5.74) is 6.35. The standard InChI is InChI=1S/C14H15BrN2O3S/c1-3-19-10-6-8(5-9(15)12(10)20-4-2)7-11-13(18)17-14(16)21-11/h5-7H,3-4H2,1-2H3,(H2,16,17,18)/b11-7-. The molecule has 0 aromatic heterocycles. The van der Waals surface area contributed by atoms with E-state index < -0.39 is 0 Å². The number of benzene rings is 1. The van der Waals surface area contributed by atoms with Gasteiger partial charge in [-0.05, 0) is 65.3 Å². The molecule has 0 atom stereocenters. The van der Waals surface area contributed by atoms with E-state index in [9.17, 15) is 4.79 Å². The van der Waals surface area contributed by atoms with Gasteiger partial charge in [0.05, 0.1) is 22.6 Å². The first kappa shape index (κ1) is 15.9. The normalized spacial score (nSPS) is 16.2. The van der Waals surface area contributed by atoms with E-state index in [1.54, 1.807) is 6.08 Å². The summed E-state index contributed by atoms with van der Waals surface area (Å²) >= 11 is 4.63. The number of carbonyl (C=O) groups excluding carboxylic acids is 1. The fourth-order valence-corrected chi connectivity index (χ4v) is 3.05. The number of rotatable bonds is 5. The molecule has 21 heavy (non-hydrogen) atoms. The van der Waals surface area contributed by atoms with Gasteiger partial charge in [-0.15, -0.1) is 0 Å². The lowest BCUT2D eigenvalue weighted by Gasteiger charge is -2.13. The summed E-state index contributed by atoms with van der Waals surface area (Å²) in [5.74, 6) is 0.966. The van der Waals surface area contributed by atoms with Crippen molar-refractivity contribution in [3.05, 3.63) is 27.1 Å². The second kappa shape index (κ2) is 7.00. The number of nitrogens with two attached hydrogens (primary N) is 1. The second-order valence-electron chi connectivity index (χ2n) is 4.06. The van der Waals surface area contributed by atoms with Crippen molar-refractivity contribution in [1.29, 1.82) is 0 Å². The van der Waals surface area contributed by atoms with E-state index in [4.69, 9.17) is 15.2 Å². The molecule has 2 rings (SSSR count). The zero-order valence-electron chi connectivity index (χ0n) is 11.7. The fraction of sp³-hybridized carbons (Fsp3) is 0.286. The molecule has 0 fully saturated rings. The lowest BCUT2D eigenvalue weighted by Crippen LogP contribution is -2.01. The van der Waals surface area contributed by atoms with E-state index in [-0.39, 0.29) is 11.1 Å². The third kappa shape index (κ3) is 3.79. The number of thioether (sulfide) groups is 1. The lowest BCUT2D eigenvalue weighted by atomic mass is 10.2. The Balaban J connectivity index is 2.37. The molecule has 7 heteroatoms. The number of aliphatic imine (C=N–C) groups is 1. The van der Waals surface area contributed by atoms with E-state index in [2.05, 4.69) is 20.9 Å². The summed E-state index contributed by atoms with van der Waals surface area (Å²) in [5, 5.41) is 0.265. The van der Waals surface area contributed by atoms with Crippen molar-refractivity contribution in [3.63, 3.8) is 0 Å². The Bertz CT molecular complexity index is 629. The van der Waals surface area contributed by atoms with Crippen LogP contribution in [0.5, 0.6) is 11.5 Å². The van der Waals surface area contributed by atoms with Crippen LogP contribution in [0.4, 0.5) is 0 Å². The molecular weight excluding hydrogens is 356 g/mol. The summed E-state index contributed by atoms with van der Waals surface area (Å²) in [6.07, 6.45) is 1.74. The maximum atomic E-state index is 11.6. The quantitative estimate of drug-likeness (QED) is 0.805. The highest BCUT2D eigenvalue weighted by atomic mass is 79.9. The van der Waals surface area contributed by atoms with Crippen LogP contribution in [0.3, 0.4) is 0 Å². The predicted molar refractivity (Wildman–Crippen MR) is 88.7 cm³/mol. The number of halogens is 1. The van der Waals surface area contributed by atoms with Crippen molar-refractivity contribution in [1.82, 2.24) is 0 Å². The second-order valence-corrected chi connectivity index (χ2v) is 5.98. The SMILES string of the molecule is CCOc1cc(/C=C2\SC(N)=NC2=O)cc(Br)c1OCC. The minimum Gasteiger partial charge on any atom is -0.490 e. The third-order valence-corrected chi connectivity index (χ3v) is 3.96. The van der Waals surface area contributed by atoms with Crippen LogP contribution in [0.25, 0.3) is 6.08 Å². The number of nitrogens with zero attached hydrogens (tertiary/aromatic N) is 1. The monoisotopic (exact) mass is 370 g/mol. The van der Waals surface area contributed by atoms with Gasteiger partial charge in [0.2, 0.25) is 0 Å². The number of amides is 1. The van der Waals surface area contributed by atoms with Gasteiger partial charge in [0, 0.05) is 0 Å². The summed E-state index contributed by atoms with van der Waals surface area (Å²) in [6, 6.07) is 3.69. The molecule has 1 amide bonds. The van der Waals surface area contributed by atoms with Crippen molar-refractivity contribution in [2.45, 2.75) is 13.8 Å². The maximum Gasteiger partial charge on any atom is 0.286 e. The zero-order valence-corrected chi connectivity index (χ0v) is 14.1. The van der Waals surface area contributed by atoms with Gasteiger partial charge in [-0.25, -0.2) is 0 Å². The van der Waals surface area contributed by atoms with E-state index in [1.165, 1.54) is 0 Å². The van der Waals surface area contributed by atoms with E-state index in [1.807, 2.05) is 26.0 Å². The predicted octanol–water partition coefficient (Wildman–Crippen LogP) is 3.18. The summed E-state index contributed by atoms with van der Waals surface area (Å²) in [6.45, 7) is 4.87. The molecule has 0 aliphatic carbocycles. The first-order valence-electron chi connectivity index (χ1n) is 6.42. The van der Waals surface area contributed by atoms with Crippen molar-refractivity contribution >= 4 is 44.8 Å². The lowest BCUT2D eigenvalue weighted by molar-refractivity contribution is -0.113. The van der Waals surface area contributed by atoms with Crippen LogP contribution in [0.1, 0.15) is 19.4 Å². The van der Waals surface area contributed by atoms with Gasteiger partial charge < -0.3 is 15.2 Å². The summed E-state index contributed by atoms with van der Waals surface area (Å²) in [7, 11) is 0. The Morgan fingerprint density at radius 2 is 2.05 bits per heavy atom. The molecule has 0 saturated heterocycles. The minimum atomic E-state index is -0.319. The molecular formula is C14H15BrN2O3S. The van der Waals surface area contributed by atoms with Gasteiger partial charge in [-0.2, -0.15) is 4.99 Å². The molecule has 1 heterocycles. The fourth-order valence-electron chi connectivity index (χ4n) is 1.80. The molecule has 1 aromatic rings. The Morgan fingerprint density at radius 3 is 2.62 bits per heavy atom. The molecule has 1 aliphatic rings. The van der Waals surface area contributed by atoms with Crippen LogP contribution >= 0.6 is 27.7 Å². The average Bonchev–Trinajstić information content (AvgIpc) is 2.72. The van der Waals surface area contributed by atoms with Crippen LogP contribution in [0.15, 0.2) is 26.5 Å². The molecule has 5 nitrogen and oxygen atoms in total. The van der Waals surface area contributed by atoms with Crippen molar-refractivity contribution in [2.24, 2.45) is 10.7 Å². The summed E-state index contributed by atoms with van der Waals surface area (Å²) < 4.78 is 11.9. The Labute approximate surface area is 135 Å². The zero-order chi connectivity index (χ0) is 15.4. The highest BCUT2D eigenvalue weighted by Crippen LogP contribution is 2.38. The Kier molecular flexibility index (Phi) is 5.30. The molecule has 0 spiro atoms. The number of hydrogen-bond acceptors (Lipinski definition) is 5. The molecule has 0 unspecified atom stereocenters. The van der Waals surface area contributed by atoms with Gasteiger partial charge in [0.15, 0.2) is 16.7 Å². The van der Waals surface area contributed by atoms with Gasteiger partial charge in [0.25, 0.3) is 5.91 Å². The van der Waals surface area contributed by atoms with Crippen LogP contribution < -0.4 is 15.2 Å². The Hall–Kier alpha value is -1.47. The van der Waals surface area contributed by atoms with Gasteiger partial charge in [-0.1, -0.05) is 0 Å². The van der Waals surface area contributed by atoms with Crippen LogP contribution in [0.2, 0.25) is 0 Å². The number of carbonyl (C=O) groups is 1. The van der Waals surface area contributed by atoms with E-state index >= 15 is 0 Å².